The van der Waals surface area contributed by atoms with Gasteiger partial charge in [0.2, 0.25) is 5.91 Å². The van der Waals surface area contributed by atoms with Crippen molar-refractivity contribution in [1.82, 2.24) is 10.6 Å². The average molecular weight is 268 g/mol. The van der Waals surface area contributed by atoms with E-state index in [2.05, 4.69) is 10.6 Å². The molecule has 1 aromatic rings. The van der Waals surface area contributed by atoms with Crippen LogP contribution in [0.5, 0.6) is 5.75 Å². The minimum absolute atomic E-state index is 0.0556. The van der Waals surface area contributed by atoms with E-state index >= 15 is 0 Å². The summed E-state index contributed by atoms with van der Waals surface area (Å²) in [5, 5.41) is 5.77. The molecule has 1 rings (SSSR count). The molecule has 1 aromatic carbocycles. The fourth-order valence-electron chi connectivity index (χ4n) is 1.69. The lowest BCUT2D eigenvalue weighted by Gasteiger charge is -2.16. The van der Waals surface area contributed by atoms with Crippen molar-refractivity contribution in [2.75, 3.05) is 20.2 Å². The minimum atomic E-state index is -0.347. The van der Waals surface area contributed by atoms with Gasteiger partial charge in [-0.3, -0.25) is 4.79 Å². The van der Waals surface area contributed by atoms with Gasteiger partial charge in [-0.05, 0) is 27.0 Å². The molecule has 1 atom stereocenters. The van der Waals surface area contributed by atoms with Crippen molar-refractivity contribution in [1.29, 1.82) is 0 Å². The molecule has 0 aliphatic carbocycles. The highest BCUT2D eigenvalue weighted by Gasteiger charge is 2.11. The molecule has 106 valence electrons. The van der Waals surface area contributed by atoms with E-state index in [9.17, 15) is 9.18 Å². The van der Waals surface area contributed by atoms with Gasteiger partial charge in [-0.1, -0.05) is 6.07 Å². The van der Waals surface area contributed by atoms with Gasteiger partial charge < -0.3 is 15.4 Å². The van der Waals surface area contributed by atoms with E-state index in [1.54, 1.807) is 6.07 Å². The normalized spacial score (nSPS) is 12.0. The van der Waals surface area contributed by atoms with Crippen LogP contribution in [0.25, 0.3) is 0 Å². The fourth-order valence-corrected chi connectivity index (χ4v) is 1.69. The lowest BCUT2D eigenvalue weighted by Crippen LogP contribution is -2.24. The van der Waals surface area contributed by atoms with Gasteiger partial charge >= 0.3 is 0 Å². The number of hydrogen-bond donors (Lipinski definition) is 2. The van der Waals surface area contributed by atoms with Crippen molar-refractivity contribution < 1.29 is 13.9 Å². The second kappa shape index (κ2) is 7.74. The Hall–Kier alpha value is -1.62. The van der Waals surface area contributed by atoms with E-state index in [0.717, 1.165) is 5.56 Å². The Balaban J connectivity index is 2.65. The van der Waals surface area contributed by atoms with Gasteiger partial charge in [0.15, 0.2) is 0 Å². The standard InChI is InChI=1S/C14H21FN2O2/c1-4-17-14(18)7-8-19-13-9-11(15)5-6-12(13)10(2)16-3/h5-6,9-10,16H,4,7-8H2,1-3H3,(H,17,18). The molecule has 0 saturated carbocycles. The Morgan fingerprint density at radius 1 is 1.47 bits per heavy atom. The first-order valence-corrected chi connectivity index (χ1v) is 6.44. The Morgan fingerprint density at radius 2 is 2.21 bits per heavy atom. The smallest absolute Gasteiger partial charge is 0.223 e. The molecule has 0 bridgehead atoms. The number of amides is 1. The van der Waals surface area contributed by atoms with E-state index in [-0.39, 0.29) is 30.8 Å². The molecule has 4 nitrogen and oxygen atoms in total. The molecule has 1 amide bonds. The first-order chi connectivity index (χ1) is 9.08. The highest BCUT2D eigenvalue weighted by Crippen LogP contribution is 2.26. The van der Waals surface area contributed by atoms with Crippen LogP contribution in [0.2, 0.25) is 0 Å². The number of hydrogen-bond acceptors (Lipinski definition) is 3. The summed E-state index contributed by atoms with van der Waals surface area (Å²) in [5.41, 5.74) is 0.875. The van der Waals surface area contributed by atoms with Gasteiger partial charge in [0, 0.05) is 24.2 Å². The summed E-state index contributed by atoms with van der Waals surface area (Å²) >= 11 is 0. The molecule has 0 radical (unpaired) electrons. The van der Waals surface area contributed by atoms with Crippen LogP contribution in [0.3, 0.4) is 0 Å². The zero-order valence-corrected chi connectivity index (χ0v) is 11.6. The molecule has 1 unspecified atom stereocenters. The molecule has 0 aliphatic rings. The zero-order chi connectivity index (χ0) is 14.3. The van der Waals surface area contributed by atoms with E-state index in [0.29, 0.717) is 12.3 Å². The molecule has 0 fully saturated rings. The van der Waals surface area contributed by atoms with Crippen LogP contribution in [-0.2, 0) is 4.79 Å². The van der Waals surface area contributed by atoms with Crippen LogP contribution in [0.1, 0.15) is 31.9 Å². The van der Waals surface area contributed by atoms with Crippen molar-refractivity contribution in [3.8, 4) is 5.75 Å². The maximum atomic E-state index is 13.2. The third kappa shape index (κ3) is 4.87. The molecule has 0 aliphatic heterocycles. The zero-order valence-electron chi connectivity index (χ0n) is 11.6. The van der Waals surface area contributed by atoms with E-state index in [1.807, 2.05) is 20.9 Å². The third-order valence-corrected chi connectivity index (χ3v) is 2.84. The van der Waals surface area contributed by atoms with Crippen molar-refractivity contribution >= 4 is 5.91 Å². The average Bonchev–Trinajstić information content (AvgIpc) is 2.38. The summed E-state index contributed by atoms with van der Waals surface area (Å²) in [7, 11) is 1.83. The Bertz CT molecular complexity index is 424. The molecule has 0 heterocycles. The Morgan fingerprint density at radius 3 is 2.84 bits per heavy atom. The number of nitrogens with one attached hydrogen (secondary N) is 2. The van der Waals surface area contributed by atoms with Gasteiger partial charge in [0.1, 0.15) is 11.6 Å². The lowest BCUT2D eigenvalue weighted by molar-refractivity contribution is -0.121. The molecular weight excluding hydrogens is 247 g/mol. The highest BCUT2D eigenvalue weighted by molar-refractivity contribution is 5.75. The number of ether oxygens (including phenoxy) is 1. The predicted octanol–water partition coefficient (Wildman–Crippen LogP) is 2.01. The van der Waals surface area contributed by atoms with Crippen molar-refractivity contribution in [3.05, 3.63) is 29.6 Å². The maximum absolute atomic E-state index is 13.2. The van der Waals surface area contributed by atoms with Crippen LogP contribution in [-0.4, -0.2) is 26.1 Å². The largest absolute Gasteiger partial charge is 0.493 e. The van der Waals surface area contributed by atoms with E-state index in [4.69, 9.17) is 4.74 Å². The summed E-state index contributed by atoms with van der Waals surface area (Å²) in [4.78, 5) is 11.3. The molecule has 19 heavy (non-hydrogen) atoms. The van der Waals surface area contributed by atoms with Crippen LogP contribution in [0.15, 0.2) is 18.2 Å². The summed E-state index contributed by atoms with van der Waals surface area (Å²) < 4.78 is 18.8. The van der Waals surface area contributed by atoms with Crippen LogP contribution in [0.4, 0.5) is 4.39 Å². The Kier molecular flexibility index (Phi) is 6.29. The SMILES string of the molecule is CCNC(=O)CCOc1cc(F)ccc1C(C)NC. The number of rotatable bonds is 7. The first-order valence-electron chi connectivity index (χ1n) is 6.44. The third-order valence-electron chi connectivity index (χ3n) is 2.84. The topological polar surface area (TPSA) is 50.4 Å². The number of benzene rings is 1. The van der Waals surface area contributed by atoms with E-state index in [1.165, 1.54) is 12.1 Å². The highest BCUT2D eigenvalue weighted by atomic mass is 19.1. The van der Waals surface area contributed by atoms with Gasteiger partial charge in [0.25, 0.3) is 0 Å². The van der Waals surface area contributed by atoms with Crippen LogP contribution >= 0.6 is 0 Å². The first kappa shape index (κ1) is 15.4. The molecule has 5 heteroatoms. The summed E-state index contributed by atoms with van der Waals surface area (Å²) in [6, 6.07) is 4.50. The maximum Gasteiger partial charge on any atom is 0.223 e. The lowest BCUT2D eigenvalue weighted by atomic mass is 10.1. The van der Waals surface area contributed by atoms with Gasteiger partial charge in [-0.25, -0.2) is 4.39 Å². The monoisotopic (exact) mass is 268 g/mol. The van der Waals surface area contributed by atoms with Crippen molar-refractivity contribution in [2.45, 2.75) is 26.3 Å². The van der Waals surface area contributed by atoms with Gasteiger partial charge in [-0.2, -0.15) is 0 Å². The van der Waals surface area contributed by atoms with Crippen molar-refractivity contribution in [2.24, 2.45) is 0 Å². The molecule has 0 spiro atoms. The second-order valence-corrected chi connectivity index (χ2v) is 4.24. The fraction of sp³-hybridized carbons (Fsp3) is 0.500. The van der Waals surface area contributed by atoms with Gasteiger partial charge in [-0.15, -0.1) is 0 Å². The second-order valence-electron chi connectivity index (χ2n) is 4.24. The minimum Gasteiger partial charge on any atom is -0.493 e. The Labute approximate surface area is 113 Å². The quantitative estimate of drug-likeness (QED) is 0.795. The van der Waals surface area contributed by atoms with E-state index < -0.39 is 0 Å². The predicted molar refractivity (Wildman–Crippen MR) is 72.7 cm³/mol. The van der Waals surface area contributed by atoms with Gasteiger partial charge in [0.05, 0.1) is 13.0 Å². The summed E-state index contributed by atoms with van der Waals surface area (Å²) in [5.74, 6) is 0.0633. The molecule has 0 aromatic heterocycles. The number of halogens is 1. The molecular formula is C14H21FN2O2. The molecule has 2 N–H and O–H groups in total. The molecule has 0 saturated heterocycles. The van der Waals surface area contributed by atoms with Crippen molar-refractivity contribution in [3.63, 3.8) is 0 Å². The van der Waals surface area contributed by atoms with Crippen LogP contribution < -0.4 is 15.4 Å². The summed E-state index contributed by atoms with van der Waals surface area (Å²) in [6.45, 7) is 4.65. The number of carbonyl (C=O) groups is 1. The van der Waals surface area contributed by atoms with Crippen LogP contribution in [0, 0.1) is 5.82 Å². The number of carbonyl (C=O) groups excluding carboxylic acids is 1. The summed E-state index contributed by atoms with van der Waals surface area (Å²) in [6.07, 6.45) is 0.262.